The Labute approximate surface area is 125 Å². The van der Waals surface area contributed by atoms with Crippen molar-refractivity contribution in [2.45, 2.75) is 20.0 Å². The number of rotatable bonds is 5. The lowest BCUT2D eigenvalue weighted by Crippen LogP contribution is -2.18. The monoisotopic (exact) mass is 283 g/mol. The Morgan fingerprint density at radius 3 is 2.38 bits per heavy atom. The molecule has 0 aliphatic heterocycles. The van der Waals surface area contributed by atoms with E-state index in [4.69, 9.17) is 10.9 Å². The number of hydrogen-bond donors (Lipinski definition) is 2. The van der Waals surface area contributed by atoms with Crippen LogP contribution in [0.5, 0.6) is 0 Å². The molecule has 0 aliphatic rings. The van der Waals surface area contributed by atoms with Crippen molar-refractivity contribution in [3.63, 3.8) is 0 Å². The minimum atomic E-state index is 0.134. The fraction of sp³-hybridized carbons (Fsp3) is 0.235. The summed E-state index contributed by atoms with van der Waals surface area (Å²) in [6.07, 6.45) is 0. The highest BCUT2D eigenvalue weighted by Gasteiger charge is 2.05. The maximum atomic E-state index is 8.65. The van der Waals surface area contributed by atoms with Gasteiger partial charge in [-0.2, -0.15) is 0 Å². The van der Waals surface area contributed by atoms with Gasteiger partial charge in [-0.1, -0.05) is 53.7 Å². The van der Waals surface area contributed by atoms with Gasteiger partial charge in [0.05, 0.1) is 0 Å². The molecule has 0 unspecified atom stereocenters. The third-order valence-electron chi connectivity index (χ3n) is 3.51. The third-order valence-corrected chi connectivity index (χ3v) is 3.51. The molecule has 0 aromatic heterocycles. The lowest BCUT2D eigenvalue weighted by atomic mass is 10.1. The summed E-state index contributed by atoms with van der Waals surface area (Å²) in [4.78, 5) is 2.26. The van der Waals surface area contributed by atoms with Crippen molar-refractivity contribution in [3.05, 3.63) is 70.8 Å². The molecule has 2 rings (SSSR count). The van der Waals surface area contributed by atoms with E-state index >= 15 is 0 Å². The maximum absolute atomic E-state index is 8.65. The number of amidine groups is 1. The summed E-state index contributed by atoms with van der Waals surface area (Å²) >= 11 is 0. The van der Waals surface area contributed by atoms with Crippen LogP contribution in [0.4, 0.5) is 0 Å². The average Bonchev–Trinajstić information content (AvgIpc) is 2.49. The molecular formula is C17H21N3O. The highest BCUT2D eigenvalue weighted by atomic mass is 16.4. The maximum Gasteiger partial charge on any atom is 0.170 e. The summed E-state index contributed by atoms with van der Waals surface area (Å²) in [6, 6.07) is 16.2. The van der Waals surface area contributed by atoms with Gasteiger partial charge >= 0.3 is 0 Å². The van der Waals surface area contributed by atoms with Gasteiger partial charge in [0.2, 0.25) is 0 Å². The van der Waals surface area contributed by atoms with E-state index in [1.807, 2.05) is 24.3 Å². The molecule has 3 N–H and O–H groups in total. The van der Waals surface area contributed by atoms with Crippen molar-refractivity contribution >= 4 is 5.84 Å². The zero-order chi connectivity index (χ0) is 15.2. The molecule has 0 heterocycles. The molecule has 4 nitrogen and oxygen atoms in total. The Bertz CT molecular complexity index is 620. The third kappa shape index (κ3) is 4.07. The van der Waals surface area contributed by atoms with Crippen molar-refractivity contribution in [1.82, 2.24) is 4.90 Å². The van der Waals surface area contributed by atoms with Crippen molar-refractivity contribution in [1.29, 1.82) is 0 Å². The lowest BCUT2D eigenvalue weighted by Gasteiger charge is -2.18. The smallest absolute Gasteiger partial charge is 0.170 e. The topological polar surface area (TPSA) is 61.8 Å². The van der Waals surface area contributed by atoms with E-state index in [1.165, 1.54) is 16.7 Å². The molecule has 21 heavy (non-hydrogen) atoms. The van der Waals surface area contributed by atoms with Gasteiger partial charge in [0.15, 0.2) is 5.84 Å². The van der Waals surface area contributed by atoms with Gasteiger partial charge in [-0.25, -0.2) is 0 Å². The summed E-state index contributed by atoms with van der Waals surface area (Å²) in [7, 11) is 2.10. The van der Waals surface area contributed by atoms with Gasteiger partial charge in [0.1, 0.15) is 0 Å². The van der Waals surface area contributed by atoms with Gasteiger partial charge < -0.3 is 10.9 Å². The minimum Gasteiger partial charge on any atom is -0.409 e. The van der Waals surface area contributed by atoms with Crippen LogP contribution in [0.1, 0.15) is 22.3 Å². The van der Waals surface area contributed by atoms with Crippen LogP contribution >= 0.6 is 0 Å². The van der Waals surface area contributed by atoms with Crippen molar-refractivity contribution in [3.8, 4) is 0 Å². The molecule has 0 aliphatic carbocycles. The van der Waals surface area contributed by atoms with Gasteiger partial charge in [-0.05, 0) is 30.7 Å². The van der Waals surface area contributed by atoms with E-state index in [1.54, 1.807) is 0 Å². The first-order valence-electron chi connectivity index (χ1n) is 6.90. The Morgan fingerprint density at radius 2 is 1.76 bits per heavy atom. The number of nitrogens with zero attached hydrogens (tertiary/aromatic N) is 2. The molecule has 0 fully saturated rings. The second-order valence-electron chi connectivity index (χ2n) is 5.28. The predicted octanol–water partition coefficient (Wildman–Crippen LogP) is 2.72. The van der Waals surface area contributed by atoms with Crippen LogP contribution in [0, 0.1) is 6.92 Å². The lowest BCUT2D eigenvalue weighted by molar-refractivity contribution is 0.318. The first-order valence-corrected chi connectivity index (χ1v) is 6.90. The van der Waals surface area contributed by atoms with Crippen LogP contribution in [0.15, 0.2) is 53.7 Å². The molecule has 0 spiro atoms. The van der Waals surface area contributed by atoms with Gasteiger partial charge in [-0.15, -0.1) is 0 Å². The second-order valence-corrected chi connectivity index (χ2v) is 5.28. The average molecular weight is 283 g/mol. The van der Waals surface area contributed by atoms with E-state index in [0.717, 1.165) is 18.7 Å². The van der Waals surface area contributed by atoms with Crippen molar-refractivity contribution < 1.29 is 5.21 Å². The van der Waals surface area contributed by atoms with Crippen LogP contribution in [0.2, 0.25) is 0 Å². The zero-order valence-corrected chi connectivity index (χ0v) is 12.5. The van der Waals surface area contributed by atoms with E-state index in [2.05, 4.69) is 48.3 Å². The summed E-state index contributed by atoms with van der Waals surface area (Å²) in [5.41, 5.74) is 10.1. The van der Waals surface area contributed by atoms with E-state index in [9.17, 15) is 0 Å². The van der Waals surface area contributed by atoms with E-state index < -0.39 is 0 Å². The van der Waals surface area contributed by atoms with Gasteiger partial charge in [0.25, 0.3) is 0 Å². The highest BCUT2D eigenvalue weighted by molar-refractivity contribution is 5.96. The van der Waals surface area contributed by atoms with Crippen LogP contribution in [0.3, 0.4) is 0 Å². The van der Waals surface area contributed by atoms with Gasteiger partial charge in [-0.3, -0.25) is 4.90 Å². The molecule has 0 saturated carbocycles. The first kappa shape index (κ1) is 15.1. The highest BCUT2D eigenvalue weighted by Crippen LogP contribution is 2.12. The Balaban J connectivity index is 2.00. The standard InChI is InChI=1S/C17H21N3O/c1-13-5-3-4-6-16(13)12-20(2)11-14-7-9-15(10-8-14)17(18)19-21/h3-10,21H,11-12H2,1-2H3,(H2,18,19). The molecule has 0 radical (unpaired) electrons. The largest absolute Gasteiger partial charge is 0.409 e. The number of benzene rings is 2. The Kier molecular flexibility index (Phi) is 4.95. The Hall–Kier alpha value is -2.33. The molecule has 110 valence electrons. The second kappa shape index (κ2) is 6.90. The molecule has 2 aromatic carbocycles. The molecule has 0 saturated heterocycles. The van der Waals surface area contributed by atoms with Crippen LogP contribution in [-0.4, -0.2) is 23.0 Å². The summed E-state index contributed by atoms with van der Waals surface area (Å²) < 4.78 is 0. The minimum absolute atomic E-state index is 0.134. The first-order chi connectivity index (χ1) is 10.1. The quantitative estimate of drug-likeness (QED) is 0.384. The fourth-order valence-electron chi connectivity index (χ4n) is 2.28. The molecule has 0 atom stereocenters. The fourth-order valence-corrected chi connectivity index (χ4v) is 2.28. The van der Waals surface area contributed by atoms with Gasteiger partial charge in [0, 0.05) is 18.7 Å². The van der Waals surface area contributed by atoms with E-state index in [-0.39, 0.29) is 5.84 Å². The normalized spacial score (nSPS) is 11.9. The molecule has 0 bridgehead atoms. The number of aryl methyl sites for hydroxylation is 1. The number of oxime groups is 1. The predicted molar refractivity (Wildman–Crippen MR) is 85.3 cm³/mol. The zero-order valence-electron chi connectivity index (χ0n) is 12.5. The summed E-state index contributed by atoms with van der Waals surface area (Å²) in [6.45, 7) is 3.90. The van der Waals surface area contributed by atoms with Crippen LogP contribution in [-0.2, 0) is 13.1 Å². The number of hydrogen-bond acceptors (Lipinski definition) is 3. The van der Waals surface area contributed by atoms with E-state index in [0.29, 0.717) is 0 Å². The SMILES string of the molecule is Cc1ccccc1CN(C)Cc1ccc(C(N)=NO)cc1. The Morgan fingerprint density at radius 1 is 1.10 bits per heavy atom. The summed E-state index contributed by atoms with van der Waals surface area (Å²) in [5.74, 6) is 0.134. The molecule has 4 heteroatoms. The van der Waals surface area contributed by atoms with Crippen molar-refractivity contribution in [2.24, 2.45) is 10.9 Å². The summed E-state index contributed by atoms with van der Waals surface area (Å²) in [5, 5.41) is 11.6. The molecule has 0 amide bonds. The van der Waals surface area contributed by atoms with Crippen molar-refractivity contribution in [2.75, 3.05) is 7.05 Å². The van der Waals surface area contributed by atoms with Crippen LogP contribution < -0.4 is 5.73 Å². The van der Waals surface area contributed by atoms with Crippen LogP contribution in [0.25, 0.3) is 0 Å². The molecular weight excluding hydrogens is 262 g/mol. The molecule has 2 aromatic rings. The number of nitrogens with two attached hydrogens (primary N) is 1.